The molecule has 9 atom stereocenters. The highest BCUT2D eigenvalue weighted by molar-refractivity contribution is 5.79. The fraction of sp³-hybridized carbons (Fsp3) is 0.920. The van der Waals surface area contributed by atoms with Crippen molar-refractivity contribution in [1.29, 1.82) is 0 Å². The number of esters is 1. The first-order valence-corrected chi connectivity index (χ1v) is 12.0. The summed E-state index contributed by atoms with van der Waals surface area (Å²) in [5.41, 5.74) is 0.455. The Morgan fingerprint density at radius 2 is 1.86 bits per heavy atom. The second-order valence-corrected chi connectivity index (χ2v) is 11.4. The fourth-order valence-corrected chi connectivity index (χ4v) is 8.71. The summed E-state index contributed by atoms with van der Waals surface area (Å²) in [6.45, 7) is 7.22. The van der Waals surface area contributed by atoms with Gasteiger partial charge < -0.3 is 9.84 Å². The molecule has 0 unspecified atom stereocenters. The van der Waals surface area contributed by atoms with Crippen molar-refractivity contribution in [3.8, 4) is 0 Å². The molecule has 0 aromatic rings. The van der Waals surface area contributed by atoms with Gasteiger partial charge in [-0.1, -0.05) is 20.8 Å². The number of hydrogen-bond donors (Lipinski definition) is 1. The van der Waals surface area contributed by atoms with Crippen LogP contribution in [0.5, 0.6) is 0 Å². The number of rotatable bonds is 4. The monoisotopic (exact) mass is 404 g/mol. The van der Waals surface area contributed by atoms with Crippen molar-refractivity contribution < 1.29 is 19.4 Å². The molecule has 1 N–H and O–H groups in total. The number of fused-ring (bicyclic) bond motifs is 5. The Hall–Kier alpha value is -0.900. The molecular weight excluding hydrogens is 364 g/mol. The number of carbonyl (C=O) groups is 2. The zero-order chi connectivity index (χ0) is 21.0. The average Bonchev–Trinajstić information content (AvgIpc) is 3.05. The summed E-state index contributed by atoms with van der Waals surface area (Å²) in [5, 5.41) is 11.1. The molecule has 4 fully saturated rings. The Kier molecular flexibility index (Phi) is 5.63. The van der Waals surface area contributed by atoms with Crippen molar-refractivity contribution >= 4 is 11.8 Å². The molecule has 4 heteroatoms. The van der Waals surface area contributed by atoms with Gasteiger partial charge in [0, 0.05) is 19.3 Å². The number of Topliss-reactive ketones (excluding diaryl/α,β-unsaturated/α-hetero) is 1. The van der Waals surface area contributed by atoms with Crippen LogP contribution < -0.4 is 0 Å². The highest BCUT2D eigenvalue weighted by Crippen LogP contribution is 2.68. The quantitative estimate of drug-likeness (QED) is 0.685. The third-order valence-electron chi connectivity index (χ3n) is 10.3. The van der Waals surface area contributed by atoms with Gasteiger partial charge in [-0.05, 0) is 91.3 Å². The van der Waals surface area contributed by atoms with Gasteiger partial charge in [-0.3, -0.25) is 9.59 Å². The molecule has 4 aliphatic carbocycles. The second-order valence-electron chi connectivity index (χ2n) is 11.4. The molecule has 0 aromatic carbocycles. The molecular formula is C25H40O4. The van der Waals surface area contributed by atoms with Gasteiger partial charge in [0.2, 0.25) is 0 Å². The van der Waals surface area contributed by atoms with Gasteiger partial charge in [0.15, 0.2) is 0 Å². The van der Waals surface area contributed by atoms with E-state index < -0.39 is 0 Å². The minimum absolute atomic E-state index is 0.0959. The number of aliphatic hydroxyl groups is 1. The number of methoxy groups -OCH3 is 1. The van der Waals surface area contributed by atoms with Crippen molar-refractivity contribution in [1.82, 2.24) is 0 Å². The largest absolute Gasteiger partial charge is 0.469 e. The highest BCUT2D eigenvalue weighted by Gasteiger charge is 2.62. The van der Waals surface area contributed by atoms with Crippen molar-refractivity contribution in [3.05, 3.63) is 0 Å². The van der Waals surface area contributed by atoms with E-state index in [0.717, 1.165) is 19.3 Å². The van der Waals surface area contributed by atoms with Crippen LogP contribution >= 0.6 is 0 Å². The second kappa shape index (κ2) is 7.66. The van der Waals surface area contributed by atoms with Gasteiger partial charge >= 0.3 is 5.97 Å². The summed E-state index contributed by atoms with van der Waals surface area (Å²) in [7, 11) is 1.47. The van der Waals surface area contributed by atoms with Crippen LogP contribution in [0.1, 0.15) is 85.0 Å². The molecule has 0 radical (unpaired) electrons. The molecule has 0 aromatic heterocycles. The van der Waals surface area contributed by atoms with Crippen molar-refractivity contribution in [2.45, 2.75) is 91.1 Å². The van der Waals surface area contributed by atoms with Crippen molar-refractivity contribution in [3.63, 3.8) is 0 Å². The van der Waals surface area contributed by atoms with E-state index in [-0.39, 0.29) is 23.4 Å². The molecule has 0 saturated heterocycles. The van der Waals surface area contributed by atoms with Gasteiger partial charge in [-0.15, -0.1) is 0 Å². The Labute approximate surface area is 176 Å². The maximum absolute atomic E-state index is 12.1. The lowest BCUT2D eigenvalue weighted by molar-refractivity contribution is -0.166. The van der Waals surface area contributed by atoms with E-state index in [1.54, 1.807) is 0 Å². The molecule has 29 heavy (non-hydrogen) atoms. The summed E-state index contributed by atoms with van der Waals surface area (Å²) in [4.78, 5) is 23.7. The molecule has 4 saturated carbocycles. The number of ketones is 1. The lowest BCUT2D eigenvalue weighted by atomic mass is 9.44. The number of hydrogen-bond acceptors (Lipinski definition) is 4. The fourth-order valence-electron chi connectivity index (χ4n) is 8.71. The highest BCUT2D eigenvalue weighted by atomic mass is 16.5. The van der Waals surface area contributed by atoms with E-state index >= 15 is 0 Å². The molecule has 4 aliphatic rings. The normalized spacial score (nSPS) is 47.7. The molecule has 0 bridgehead atoms. The number of carbonyl (C=O) groups excluding carboxylic acids is 2. The van der Waals surface area contributed by atoms with E-state index in [1.165, 1.54) is 32.8 Å². The predicted octanol–water partition coefficient (Wildman–Crippen LogP) is 4.77. The minimum atomic E-state index is -0.316. The number of aliphatic hydroxyl groups excluding tert-OH is 1. The third kappa shape index (κ3) is 3.38. The lowest BCUT2D eigenvalue weighted by Gasteiger charge is -2.61. The first kappa shape index (κ1) is 21.3. The van der Waals surface area contributed by atoms with E-state index in [0.29, 0.717) is 60.1 Å². The maximum Gasteiger partial charge on any atom is 0.305 e. The molecule has 164 valence electrons. The zero-order valence-corrected chi connectivity index (χ0v) is 18.8. The molecule has 0 aliphatic heterocycles. The molecule has 4 nitrogen and oxygen atoms in total. The summed E-state index contributed by atoms with van der Waals surface area (Å²) in [6.07, 6.45) is 9.30. The van der Waals surface area contributed by atoms with Crippen LogP contribution in [-0.4, -0.2) is 30.1 Å². The summed E-state index contributed by atoms with van der Waals surface area (Å²) >= 11 is 0. The van der Waals surface area contributed by atoms with Crippen LogP contribution in [0.25, 0.3) is 0 Å². The molecule has 0 spiro atoms. The standard InChI is InChI=1S/C25H40O4/c1-15(5-8-23(28)29-4)18-6-7-19-17-14-22(27)21-13-16(26)9-11-25(21,3)20(17)10-12-24(18,19)2/h15,17-22,27H,5-14H2,1-4H3/t15-,17+,18-,19+,20+,21+,22+,24-,25-/m1/s1. The van der Waals surface area contributed by atoms with Crippen LogP contribution in [-0.2, 0) is 14.3 Å². The van der Waals surface area contributed by atoms with Crippen LogP contribution in [0.15, 0.2) is 0 Å². The lowest BCUT2D eigenvalue weighted by Crippen LogP contribution is -2.58. The summed E-state index contributed by atoms with van der Waals surface area (Å²) < 4.78 is 4.86. The Balaban J connectivity index is 1.52. The smallest absolute Gasteiger partial charge is 0.305 e. The summed E-state index contributed by atoms with van der Waals surface area (Å²) in [5.74, 6) is 3.55. The molecule has 0 heterocycles. The van der Waals surface area contributed by atoms with Gasteiger partial charge in [-0.25, -0.2) is 0 Å². The first-order chi connectivity index (χ1) is 13.7. The summed E-state index contributed by atoms with van der Waals surface area (Å²) in [6, 6.07) is 0. The molecule has 0 amide bonds. The predicted molar refractivity (Wildman–Crippen MR) is 112 cm³/mol. The van der Waals surface area contributed by atoms with E-state index in [4.69, 9.17) is 4.74 Å². The van der Waals surface area contributed by atoms with Crippen LogP contribution in [0, 0.1) is 46.3 Å². The first-order valence-electron chi connectivity index (χ1n) is 12.0. The van der Waals surface area contributed by atoms with Crippen molar-refractivity contribution in [2.24, 2.45) is 46.3 Å². The van der Waals surface area contributed by atoms with Gasteiger partial charge in [0.1, 0.15) is 5.78 Å². The van der Waals surface area contributed by atoms with Crippen molar-refractivity contribution in [2.75, 3.05) is 7.11 Å². The average molecular weight is 405 g/mol. The third-order valence-corrected chi connectivity index (χ3v) is 10.3. The van der Waals surface area contributed by atoms with E-state index in [2.05, 4.69) is 20.8 Å². The Morgan fingerprint density at radius 1 is 1.14 bits per heavy atom. The number of ether oxygens (including phenoxy) is 1. The van der Waals surface area contributed by atoms with Crippen LogP contribution in [0.3, 0.4) is 0 Å². The zero-order valence-electron chi connectivity index (χ0n) is 18.8. The maximum atomic E-state index is 12.1. The van der Waals surface area contributed by atoms with E-state index in [1.807, 2.05) is 0 Å². The Morgan fingerprint density at radius 3 is 2.59 bits per heavy atom. The van der Waals surface area contributed by atoms with E-state index in [9.17, 15) is 14.7 Å². The van der Waals surface area contributed by atoms with Crippen LogP contribution in [0.4, 0.5) is 0 Å². The van der Waals surface area contributed by atoms with Gasteiger partial charge in [0.05, 0.1) is 13.2 Å². The molecule has 4 rings (SSSR count). The van der Waals surface area contributed by atoms with Crippen LogP contribution in [0.2, 0.25) is 0 Å². The minimum Gasteiger partial charge on any atom is -0.469 e. The van der Waals surface area contributed by atoms with Gasteiger partial charge in [-0.2, -0.15) is 0 Å². The Bertz CT molecular complexity index is 659. The SMILES string of the molecule is COC(=O)CC[C@@H](C)[C@H]1CC[C@H]2[C@@H]3C[C@H](O)[C@@H]4CC(=O)CC[C@]4(C)[C@H]3CC[C@]12C. The topological polar surface area (TPSA) is 63.6 Å². The van der Waals surface area contributed by atoms with Gasteiger partial charge in [0.25, 0.3) is 0 Å².